The number of aliphatic hydroxyl groups is 1. The van der Waals surface area contributed by atoms with E-state index >= 15 is 0 Å². The van der Waals surface area contributed by atoms with Gasteiger partial charge in [-0.05, 0) is 0 Å². The molecule has 0 saturated carbocycles. The second kappa shape index (κ2) is 4.78. The first-order valence-corrected chi connectivity index (χ1v) is 5.16. The number of rotatable bonds is 3. The second-order valence-corrected chi connectivity index (χ2v) is 3.81. The van der Waals surface area contributed by atoms with Gasteiger partial charge >= 0.3 is 6.09 Å². The van der Waals surface area contributed by atoms with Crippen LogP contribution >= 0.6 is 0 Å². The van der Waals surface area contributed by atoms with Crippen molar-refractivity contribution in [3.05, 3.63) is 0 Å². The van der Waals surface area contributed by atoms with E-state index in [2.05, 4.69) is 10.2 Å². The van der Waals surface area contributed by atoms with Crippen LogP contribution in [0, 0.1) is 0 Å². The monoisotopic (exact) mass is 216 g/mol. The van der Waals surface area contributed by atoms with Crippen LogP contribution in [-0.2, 0) is 9.47 Å². The van der Waals surface area contributed by atoms with Gasteiger partial charge in [0.25, 0.3) is 0 Å². The van der Waals surface area contributed by atoms with Crippen LogP contribution in [0.2, 0.25) is 0 Å². The molecule has 2 aliphatic rings. The standard InChI is InChI=1S/C9H16N2O4/c12-5-7-6-14-2-1-11(7)4-8-3-10-9(13)15-8/h7-8,12H,1-6H2,(H,10,13). The van der Waals surface area contributed by atoms with Gasteiger partial charge in [0, 0.05) is 13.1 Å². The molecule has 2 aliphatic heterocycles. The Labute approximate surface area is 88.1 Å². The van der Waals surface area contributed by atoms with E-state index in [-0.39, 0.29) is 24.8 Å². The zero-order chi connectivity index (χ0) is 10.7. The zero-order valence-corrected chi connectivity index (χ0v) is 8.52. The first kappa shape index (κ1) is 10.7. The molecule has 0 bridgehead atoms. The zero-order valence-electron chi connectivity index (χ0n) is 8.52. The van der Waals surface area contributed by atoms with Crippen LogP contribution in [0.15, 0.2) is 0 Å². The van der Waals surface area contributed by atoms with Gasteiger partial charge in [0.05, 0.1) is 32.4 Å². The molecule has 86 valence electrons. The molecule has 2 fully saturated rings. The van der Waals surface area contributed by atoms with E-state index in [1.807, 2.05) is 0 Å². The van der Waals surface area contributed by atoms with E-state index in [0.29, 0.717) is 26.3 Å². The Morgan fingerprint density at radius 2 is 2.47 bits per heavy atom. The van der Waals surface area contributed by atoms with Crippen LogP contribution in [0.1, 0.15) is 0 Å². The molecule has 0 aromatic rings. The number of aliphatic hydroxyl groups excluding tert-OH is 1. The summed E-state index contributed by atoms with van der Waals surface area (Å²) < 4.78 is 10.3. The van der Waals surface area contributed by atoms with Crippen LogP contribution in [-0.4, -0.2) is 67.7 Å². The Morgan fingerprint density at radius 3 is 3.13 bits per heavy atom. The van der Waals surface area contributed by atoms with E-state index in [4.69, 9.17) is 14.6 Å². The van der Waals surface area contributed by atoms with E-state index in [1.165, 1.54) is 0 Å². The molecule has 0 aromatic carbocycles. The van der Waals surface area contributed by atoms with Gasteiger partial charge in [-0.15, -0.1) is 0 Å². The van der Waals surface area contributed by atoms with Crippen molar-refractivity contribution >= 4 is 6.09 Å². The number of cyclic esters (lactones) is 1. The molecule has 2 heterocycles. The van der Waals surface area contributed by atoms with Gasteiger partial charge in [-0.25, -0.2) is 4.79 Å². The Bertz CT molecular complexity index is 236. The van der Waals surface area contributed by atoms with Crippen molar-refractivity contribution in [2.24, 2.45) is 0 Å². The molecule has 6 nitrogen and oxygen atoms in total. The highest BCUT2D eigenvalue weighted by Crippen LogP contribution is 2.10. The van der Waals surface area contributed by atoms with Crippen LogP contribution in [0.4, 0.5) is 4.79 Å². The molecule has 1 amide bonds. The lowest BCUT2D eigenvalue weighted by Crippen LogP contribution is -2.50. The topological polar surface area (TPSA) is 71.0 Å². The number of ether oxygens (including phenoxy) is 2. The van der Waals surface area contributed by atoms with E-state index in [0.717, 1.165) is 6.54 Å². The number of hydrogen-bond acceptors (Lipinski definition) is 5. The van der Waals surface area contributed by atoms with Gasteiger partial charge in [0.1, 0.15) is 6.10 Å². The first-order valence-electron chi connectivity index (χ1n) is 5.16. The maximum atomic E-state index is 10.8. The van der Waals surface area contributed by atoms with Crippen LogP contribution < -0.4 is 5.32 Å². The quantitative estimate of drug-likeness (QED) is 0.619. The van der Waals surface area contributed by atoms with Crippen molar-refractivity contribution in [1.29, 1.82) is 0 Å². The summed E-state index contributed by atoms with van der Waals surface area (Å²) in [5.41, 5.74) is 0. The lowest BCUT2D eigenvalue weighted by Gasteiger charge is -2.35. The third kappa shape index (κ3) is 2.58. The Hall–Kier alpha value is -0.850. The van der Waals surface area contributed by atoms with Crippen molar-refractivity contribution in [2.75, 3.05) is 39.5 Å². The summed E-state index contributed by atoms with van der Waals surface area (Å²) in [6, 6.07) is 0.0260. The van der Waals surface area contributed by atoms with Crippen molar-refractivity contribution in [3.8, 4) is 0 Å². The molecule has 2 rings (SSSR count). The number of amides is 1. The number of carbonyl (C=O) groups is 1. The molecule has 2 unspecified atom stereocenters. The maximum Gasteiger partial charge on any atom is 0.407 e. The van der Waals surface area contributed by atoms with E-state index in [1.54, 1.807) is 0 Å². The van der Waals surface area contributed by atoms with Gasteiger partial charge in [-0.2, -0.15) is 0 Å². The number of morpholine rings is 1. The normalized spacial score (nSPS) is 32.5. The van der Waals surface area contributed by atoms with Gasteiger partial charge in [-0.3, -0.25) is 4.90 Å². The minimum absolute atomic E-state index is 0.0260. The van der Waals surface area contributed by atoms with Crippen molar-refractivity contribution in [3.63, 3.8) is 0 Å². The Balaban J connectivity index is 1.83. The summed E-state index contributed by atoms with van der Waals surface area (Å²) in [5, 5.41) is 11.8. The number of alkyl carbamates (subject to hydrolysis) is 1. The number of nitrogens with zero attached hydrogens (tertiary/aromatic N) is 1. The summed E-state index contributed by atoms with van der Waals surface area (Å²) in [6.45, 7) is 3.28. The Kier molecular flexibility index (Phi) is 3.40. The number of carbonyl (C=O) groups excluding carboxylic acids is 1. The first-order chi connectivity index (χ1) is 7.29. The van der Waals surface area contributed by atoms with E-state index in [9.17, 15) is 4.79 Å². The molecular weight excluding hydrogens is 200 g/mol. The molecule has 2 saturated heterocycles. The third-order valence-corrected chi connectivity index (χ3v) is 2.75. The average Bonchev–Trinajstić information content (AvgIpc) is 2.65. The van der Waals surface area contributed by atoms with Crippen LogP contribution in [0.25, 0.3) is 0 Å². The van der Waals surface area contributed by atoms with E-state index < -0.39 is 0 Å². The van der Waals surface area contributed by atoms with Gasteiger partial charge in [0.2, 0.25) is 0 Å². The fourth-order valence-electron chi connectivity index (χ4n) is 1.89. The summed E-state index contributed by atoms with van der Waals surface area (Å²) in [4.78, 5) is 12.9. The predicted molar refractivity (Wildman–Crippen MR) is 51.5 cm³/mol. The van der Waals surface area contributed by atoms with Gasteiger partial charge < -0.3 is 19.9 Å². The number of hydrogen-bond donors (Lipinski definition) is 2. The minimum atomic E-state index is -0.353. The maximum absolute atomic E-state index is 10.8. The predicted octanol–water partition coefficient (Wildman–Crippen LogP) is -1.21. The molecular formula is C9H16N2O4. The molecule has 6 heteroatoms. The fraction of sp³-hybridized carbons (Fsp3) is 0.889. The minimum Gasteiger partial charge on any atom is -0.443 e. The fourth-order valence-corrected chi connectivity index (χ4v) is 1.89. The summed E-state index contributed by atoms with van der Waals surface area (Å²) >= 11 is 0. The van der Waals surface area contributed by atoms with Gasteiger partial charge in [-0.1, -0.05) is 0 Å². The third-order valence-electron chi connectivity index (χ3n) is 2.75. The van der Waals surface area contributed by atoms with Gasteiger partial charge in [0.15, 0.2) is 0 Å². The highest BCUT2D eigenvalue weighted by atomic mass is 16.6. The van der Waals surface area contributed by atoms with Crippen molar-refractivity contribution in [1.82, 2.24) is 10.2 Å². The molecule has 0 spiro atoms. The lowest BCUT2D eigenvalue weighted by atomic mass is 10.2. The molecule has 2 N–H and O–H groups in total. The second-order valence-electron chi connectivity index (χ2n) is 3.81. The lowest BCUT2D eigenvalue weighted by molar-refractivity contribution is -0.0400. The summed E-state index contributed by atoms with van der Waals surface area (Å²) in [7, 11) is 0. The number of nitrogens with one attached hydrogen (secondary N) is 1. The average molecular weight is 216 g/mol. The molecule has 15 heavy (non-hydrogen) atoms. The van der Waals surface area contributed by atoms with Crippen molar-refractivity contribution < 1.29 is 19.4 Å². The SMILES string of the molecule is O=C1NCC(CN2CCOCC2CO)O1. The van der Waals surface area contributed by atoms with Crippen molar-refractivity contribution in [2.45, 2.75) is 12.1 Å². The Morgan fingerprint density at radius 1 is 1.60 bits per heavy atom. The molecule has 0 aliphatic carbocycles. The molecule has 0 radical (unpaired) electrons. The largest absolute Gasteiger partial charge is 0.443 e. The molecule has 2 atom stereocenters. The highest BCUT2D eigenvalue weighted by molar-refractivity contribution is 5.69. The van der Waals surface area contributed by atoms with Crippen LogP contribution in [0.5, 0.6) is 0 Å². The summed E-state index contributed by atoms with van der Waals surface area (Å²) in [6.07, 6.45) is -0.460. The summed E-state index contributed by atoms with van der Waals surface area (Å²) in [5.74, 6) is 0. The highest BCUT2D eigenvalue weighted by Gasteiger charge is 2.29. The smallest absolute Gasteiger partial charge is 0.407 e. The molecule has 0 aromatic heterocycles. The van der Waals surface area contributed by atoms with Crippen LogP contribution in [0.3, 0.4) is 0 Å².